The molecule has 0 spiro atoms. The molecule has 2 N–H and O–H groups in total. The van der Waals surface area contributed by atoms with Gasteiger partial charge >= 0.3 is 0 Å². The molecule has 0 unspecified atom stereocenters. The van der Waals surface area contributed by atoms with Gasteiger partial charge in [0.05, 0.1) is 11.4 Å². The van der Waals surface area contributed by atoms with E-state index in [4.69, 9.17) is 21.1 Å². The summed E-state index contributed by atoms with van der Waals surface area (Å²) in [6.45, 7) is 1.55. The predicted molar refractivity (Wildman–Crippen MR) is 112 cm³/mol. The van der Waals surface area contributed by atoms with Crippen molar-refractivity contribution in [2.45, 2.75) is 13.0 Å². The lowest BCUT2D eigenvalue weighted by atomic mass is 10.1. The fraction of sp³-hybridized carbons (Fsp3) is 0.150. The molecule has 7 nitrogen and oxygen atoms in total. The van der Waals surface area contributed by atoms with Crippen LogP contribution < -0.4 is 20.1 Å². The van der Waals surface area contributed by atoms with E-state index in [-0.39, 0.29) is 18.4 Å². The first-order valence-corrected chi connectivity index (χ1v) is 9.99. The molecule has 148 valence electrons. The smallest absolute Gasteiger partial charge is 0.265 e. The first-order valence-electron chi connectivity index (χ1n) is 8.73. The number of halogens is 1. The van der Waals surface area contributed by atoms with Gasteiger partial charge in [-0.1, -0.05) is 11.6 Å². The Morgan fingerprint density at radius 1 is 1.31 bits per heavy atom. The van der Waals surface area contributed by atoms with Crippen molar-refractivity contribution in [3.05, 3.63) is 52.9 Å². The molecule has 0 fully saturated rings. The Kier molecular flexibility index (Phi) is 5.37. The first kappa shape index (κ1) is 19.2. The number of rotatable bonds is 5. The number of fused-ring (bicyclic) bond motifs is 1. The third-order valence-electron chi connectivity index (χ3n) is 4.14. The van der Waals surface area contributed by atoms with E-state index in [1.807, 2.05) is 11.4 Å². The van der Waals surface area contributed by atoms with Crippen LogP contribution in [0, 0.1) is 0 Å². The van der Waals surface area contributed by atoms with Crippen LogP contribution in [0.4, 0.5) is 10.8 Å². The van der Waals surface area contributed by atoms with Crippen LogP contribution in [0.5, 0.6) is 11.5 Å². The number of anilines is 2. The molecular weight excluding hydrogens is 414 g/mol. The minimum atomic E-state index is -0.524. The number of carbonyl (C=O) groups is 2. The third kappa shape index (κ3) is 4.49. The molecule has 2 heterocycles. The highest BCUT2D eigenvalue weighted by Crippen LogP contribution is 2.34. The zero-order chi connectivity index (χ0) is 20.4. The van der Waals surface area contributed by atoms with Gasteiger partial charge in [-0.15, -0.1) is 11.3 Å². The number of benzene rings is 2. The Labute approximate surface area is 175 Å². The van der Waals surface area contributed by atoms with Gasteiger partial charge in [-0.3, -0.25) is 14.9 Å². The fourth-order valence-electron chi connectivity index (χ4n) is 2.67. The van der Waals surface area contributed by atoms with Gasteiger partial charge in [0.2, 0.25) is 0 Å². The number of carbonyl (C=O) groups excluding carboxylic acids is 2. The van der Waals surface area contributed by atoms with Crippen molar-refractivity contribution < 1.29 is 19.1 Å². The molecule has 0 radical (unpaired) electrons. The van der Waals surface area contributed by atoms with Gasteiger partial charge < -0.3 is 14.8 Å². The number of hydrogen-bond acceptors (Lipinski definition) is 6. The lowest BCUT2D eigenvalue weighted by Gasteiger charge is -2.23. The van der Waals surface area contributed by atoms with Crippen molar-refractivity contribution in [1.82, 2.24) is 4.98 Å². The maximum Gasteiger partial charge on any atom is 0.265 e. The molecule has 29 heavy (non-hydrogen) atoms. The topological polar surface area (TPSA) is 89.6 Å². The summed E-state index contributed by atoms with van der Waals surface area (Å²) in [6, 6.07) is 12.2. The van der Waals surface area contributed by atoms with E-state index in [1.165, 1.54) is 11.3 Å². The number of amides is 2. The van der Waals surface area contributed by atoms with Crippen LogP contribution in [0.3, 0.4) is 0 Å². The van der Waals surface area contributed by atoms with Crippen LogP contribution in [0.25, 0.3) is 11.3 Å². The summed E-state index contributed by atoms with van der Waals surface area (Å²) in [6.07, 6.45) is -0.524. The zero-order valence-corrected chi connectivity index (χ0v) is 16.8. The lowest BCUT2D eigenvalue weighted by molar-refractivity contribution is -0.122. The summed E-state index contributed by atoms with van der Waals surface area (Å²) in [5, 5.41) is 8.40. The highest BCUT2D eigenvalue weighted by atomic mass is 35.5. The quantitative estimate of drug-likeness (QED) is 0.634. The van der Waals surface area contributed by atoms with Crippen molar-refractivity contribution >= 4 is 45.6 Å². The summed E-state index contributed by atoms with van der Waals surface area (Å²) < 4.78 is 11.0. The van der Waals surface area contributed by atoms with Gasteiger partial charge in [0.1, 0.15) is 11.5 Å². The lowest BCUT2D eigenvalue weighted by Crippen LogP contribution is -2.34. The molecule has 0 saturated carbocycles. The minimum absolute atomic E-state index is 0.142. The number of thiazole rings is 1. The van der Waals surface area contributed by atoms with Crippen LogP contribution in [0.1, 0.15) is 6.92 Å². The molecule has 1 atom stereocenters. The SMILES string of the molecule is C[C@@H]1Oc2ccc(-c3csc(NC(=O)COc4ccc(Cl)cc4)n3)cc2NC1=O. The highest BCUT2D eigenvalue weighted by molar-refractivity contribution is 7.14. The van der Waals surface area contributed by atoms with Gasteiger partial charge in [0, 0.05) is 16.0 Å². The standard InChI is InChI=1S/C20H16ClN3O4S/c1-11-19(26)22-15-8-12(2-7-17(15)28-11)16-10-29-20(23-16)24-18(25)9-27-14-5-3-13(21)4-6-14/h2-8,10-11H,9H2,1H3,(H,22,26)(H,23,24,25)/t11-/m0/s1. The Bertz CT molecular complexity index is 1070. The second-order valence-corrected chi connectivity index (χ2v) is 7.58. The Balaban J connectivity index is 1.39. The molecular formula is C20H16ClN3O4S. The Morgan fingerprint density at radius 2 is 2.10 bits per heavy atom. The van der Waals surface area contributed by atoms with E-state index in [9.17, 15) is 9.59 Å². The maximum atomic E-state index is 12.1. The first-order chi connectivity index (χ1) is 14.0. The van der Waals surface area contributed by atoms with Crippen LogP contribution in [0.2, 0.25) is 5.02 Å². The second-order valence-electron chi connectivity index (χ2n) is 6.29. The van der Waals surface area contributed by atoms with Crippen LogP contribution in [0.15, 0.2) is 47.8 Å². The van der Waals surface area contributed by atoms with E-state index in [1.54, 1.807) is 43.3 Å². The van der Waals surface area contributed by atoms with E-state index < -0.39 is 6.10 Å². The molecule has 4 rings (SSSR count). The van der Waals surface area contributed by atoms with Crippen LogP contribution >= 0.6 is 22.9 Å². The Hall–Kier alpha value is -3.10. The van der Waals surface area contributed by atoms with E-state index in [2.05, 4.69) is 15.6 Å². The third-order valence-corrected chi connectivity index (χ3v) is 5.15. The molecule has 0 aliphatic carbocycles. The summed E-state index contributed by atoms with van der Waals surface area (Å²) in [5.41, 5.74) is 2.08. The molecule has 9 heteroatoms. The Morgan fingerprint density at radius 3 is 2.90 bits per heavy atom. The van der Waals surface area contributed by atoms with Crippen LogP contribution in [-0.2, 0) is 9.59 Å². The average molecular weight is 430 g/mol. The average Bonchev–Trinajstić information content (AvgIpc) is 3.16. The van der Waals surface area contributed by atoms with Gasteiger partial charge in [-0.2, -0.15) is 0 Å². The molecule has 1 aliphatic rings. The molecule has 1 aliphatic heterocycles. The van der Waals surface area contributed by atoms with Crippen molar-refractivity contribution in [2.24, 2.45) is 0 Å². The predicted octanol–water partition coefficient (Wildman–Crippen LogP) is 4.20. The number of aromatic nitrogens is 1. The van der Waals surface area contributed by atoms with Crippen molar-refractivity contribution in [1.29, 1.82) is 0 Å². The molecule has 3 aromatic rings. The monoisotopic (exact) mass is 429 g/mol. The maximum absolute atomic E-state index is 12.1. The fourth-order valence-corrected chi connectivity index (χ4v) is 3.53. The van der Waals surface area contributed by atoms with E-state index in [0.29, 0.717) is 33.0 Å². The number of ether oxygens (including phenoxy) is 2. The summed E-state index contributed by atoms with van der Waals surface area (Å²) >= 11 is 7.12. The second kappa shape index (κ2) is 8.10. The molecule has 0 bridgehead atoms. The van der Waals surface area contributed by atoms with Gasteiger partial charge in [0.25, 0.3) is 11.8 Å². The van der Waals surface area contributed by atoms with Gasteiger partial charge in [-0.05, 0) is 49.4 Å². The summed E-state index contributed by atoms with van der Waals surface area (Å²) in [7, 11) is 0. The largest absolute Gasteiger partial charge is 0.484 e. The highest BCUT2D eigenvalue weighted by Gasteiger charge is 2.24. The molecule has 2 aromatic carbocycles. The molecule has 1 aromatic heterocycles. The van der Waals surface area contributed by atoms with Crippen molar-refractivity contribution in [3.63, 3.8) is 0 Å². The van der Waals surface area contributed by atoms with Crippen LogP contribution in [-0.4, -0.2) is 29.5 Å². The molecule has 0 saturated heterocycles. The van der Waals surface area contributed by atoms with Crippen molar-refractivity contribution in [2.75, 3.05) is 17.2 Å². The van der Waals surface area contributed by atoms with E-state index in [0.717, 1.165) is 5.56 Å². The number of hydrogen-bond donors (Lipinski definition) is 2. The summed E-state index contributed by atoms with van der Waals surface area (Å²) in [5.74, 6) is 0.656. The normalized spacial score (nSPS) is 15.1. The van der Waals surface area contributed by atoms with Gasteiger partial charge in [0.15, 0.2) is 17.8 Å². The van der Waals surface area contributed by atoms with Crippen molar-refractivity contribution in [3.8, 4) is 22.8 Å². The molecule has 2 amide bonds. The zero-order valence-electron chi connectivity index (χ0n) is 15.3. The van der Waals surface area contributed by atoms with E-state index >= 15 is 0 Å². The number of nitrogens with one attached hydrogen (secondary N) is 2. The minimum Gasteiger partial charge on any atom is -0.484 e. The summed E-state index contributed by atoms with van der Waals surface area (Å²) in [4.78, 5) is 28.3. The van der Waals surface area contributed by atoms with Gasteiger partial charge in [-0.25, -0.2) is 4.98 Å². The number of nitrogens with zero attached hydrogens (tertiary/aromatic N) is 1.